The number of ether oxygens (including phenoxy) is 2. The lowest BCUT2D eigenvalue weighted by Gasteiger charge is -2.13. The minimum atomic E-state index is -4.94. The first-order valence-electron chi connectivity index (χ1n) is 4.35. The number of alkyl halides is 3. The Morgan fingerprint density at radius 1 is 1.24 bits per heavy atom. The second kappa shape index (κ2) is 4.95. The van der Waals surface area contributed by atoms with Crippen molar-refractivity contribution in [2.75, 3.05) is 14.2 Å². The Labute approximate surface area is 104 Å². The van der Waals surface area contributed by atoms with Crippen molar-refractivity contribution in [2.24, 2.45) is 0 Å². The summed E-state index contributed by atoms with van der Waals surface area (Å²) in [5.74, 6) is -1.88. The number of hydrogen-bond acceptors (Lipinski definition) is 3. The molecule has 0 saturated heterocycles. The van der Waals surface area contributed by atoms with Gasteiger partial charge >= 0.3 is 6.18 Å². The normalized spacial score (nSPS) is 11.2. The number of halogens is 4. The van der Waals surface area contributed by atoms with Gasteiger partial charge in [-0.25, -0.2) is 0 Å². The van der Waals surface area contributed by atoms with Crippen LogP contribution in [-0.4, -0.2) is 26.2 Å². The van der Waals surface area contributed by atoms with Crippen molar-refractivity contribution in [1.82, 2.24) is 0 Å². The standard InChI is InChI=1S/C10H8BrF3O3/c1-16-6-4-3-5(8(17-2)7(6)11)9(15)10(12,13)14/h3-4H,1-2H3. The number of benzene rings is 1. The molecule has 3 nitrogen and oxygen atoms in total. The molecule has 0 bridgehead atoms. The third kappa shape index (κ3) is 2.71. The van der Waals surface area contributed by atoms with Crippen LogP contribution in [0.25, 0.3) is 0 Å². The summed E-state index contributed by atoms with van der Waals surface area (Å²) in [4.78, 5) is 11.1. The highest BCUT2D eigenvalue weighted by Gasteiger charge is 2.41. The van der Waals surface area contributed by atoms with Crippen LogP contribution in [-0.2, 0) is 0 Å². The Morgan fingerprint density at radius 2 is 1.82 bits per heavy atom. The topological polar surface area (TPSA) is 35.5 Å². The van der Waals surface area contributed by atoms with Gasteiger partial charge in [-0.05, 0) is 28.1 Å². The maximum absolute atomic E-state index is 12.3. The van der Waals surface area contributed by atoms with Crippen LogP contribution in [0.1, 0.15) is 10.4 Å². The van der Waals surface area contributed by atoms with E-state index in [0.29, 0.717) is 0 Å². The van der Waals surface area contributed by atoms with Crippen molar-refractivity contribution in [3.05, 3.63) is 22.2 Å². The van der Waals surface area contributed by atoms with Gasteiger partial charge in [0.2, 0.25) is 0 Å². The number of carbonyl (C=O) groups excluding carboxylic acids is 1. The van der Waals surface area contributed by atoms with Crippen LogP contribution < -0.4 is 9.47 Å². The van der Waals surface area contributed by atoms with E-state index in [4.69, 9.17) is 9.47 Å². The fourth-order valence-electron chi connectivity index (χ4n) is 1.23. The zero-order valence-electron chi connectivity index (χ0n) is 8.89. The lowest BCUT2D eigenvalue weighted by Crippen LogP contribution is -2.23. The molecule has 0 spiro atoms. The summed E-state index contributed by atoms with van der Waals surface area (Å²) < 4.78 is 46.8. The minimum Gasteiger partial charge on any atom is -0.495 e. The fourth-order valence-corrected chi connectivity index (χ4v) is 1.90. The number of hydrogen-bond donors (Lipinski definition) is 0. The van der Waals surface area contributed by atoms with Gasteiger partial charge in [0.25, 0.3) is 5.78 Å². The molecule has 0 saturated carbocycles. The van der Waals surface area contributed by atoms with Crippen molar-refractivity contribution < 1.29 is 27.4 Å². The zero-order valence-corrected chi connectivity index (χ0v) is 10.5. The van der Waals surface area contributed by atoms with E-state index >= 15 is 0 Å². The quantitative estimate of drug-likeness (QED) is 0.804. The molecular formula is C10H8BrF3O3. The maximum Gasteiger partial charge on any atom is 0.455 e. The minimum absolute atomic E-state index is 0.164. The van der Waals surface area contributed by atoms with Crippen LogP contribution in [0.3, 0.4) is 0 Å². The summed E-state index contributed by atoms with van der Waals surface area (Å²) >= 11 is 3.02. The largest absolute Gasteiger partial charge is 0.495 e. The summed E-state index contributed by atoms with van der Waals surface area (Å²) in [6.07, 6.45) is -4.94. The Kier molecular flexibility index (Phi) is 4.03. The fraction of sp³-hybridized carbons (Fsp3) is 0.300. The Bertz CT molecular complexity index is 443. The van der Waals surface area contributed by atoms with Crippen LogP contribution in [0.15, 0.2) is 16.6 Å². The summed E-state index contributed by atoms with van der Waals surface area (Å²) in [7, 11) is 2.53. The number of rotatable bonds is 3. The Hall–Kier alpha value is -1.24. The van der Waals surface area contributed by atoms with Crippen molar-refractivity contribution >= 4 is 21.7 Å². The summed E-state index contributed by atoms with van der Waals surface area (Å²) in [5.41, 5.74) is -0.562. The van der Waals surface area contributed by atoms with Gasteiger partial charge in [0.1, 0.15) is 16.0 Å². The van der Waals surface area contributed by atoms with E-state index in [1.807, 2.05) is 0 Å². The van der Waals surface area contributed by atoms with E-state index in [-0.39, 0.29) is 16.0 Å². The lowest BCUT2D eigenvalue weighted by atomic mass is 10.1. The highest BCUT2D eigenvalue weighted by molar-refractivity contribution is 9.10. The van der Waals surface area contributed by atoms with Crippen molar-refractivity contribution in [2.45, 2.75) is 6.18 Å². The highest BCUT2D eigenvalue weighted by atomic mass is 79.9. The molecule has 0 aliphatic carbocycles. The first-order valence-corrected chi connectivity index (χ1v) is 5.14. The maximum atomic E-state index is 12.3. The second-order valence-corrected chi connectivity index (χ2v) is 3.78. The van der Waals surface area contributed by atoms with E-state index < -0.39 is 17.5 Å². The molecule has 17 heavy (non-hydrogen) atoms. The first-order chi connectivity index (χ1) is 7.82. The molecule has 0 radical (unpaired) electrons. The molecule has 0 aliphatic rings. The van der Waals surface area contributed by atoms with Crippen LogP contribution in [0.2, 0.25) is 0 Å². The Morgan fingerprint density at radius 3 is 2.24 bits per heavy atom. The molecule has 1 rings (SSSR count). The van der Waals surface area contributed by atoms with E-state index in [2.05, 4.69) is 15.9 Å². The monoisotopic (exact) mass is 312 g/mol. The van der Waals surface area contributed by atoms with Gasteiger partial charge in [0.05, 0.1) is 19.8 Å². The predicted octanol–water partition coefficient (Wildman–Crippen LogP) is 3.21. The van der Waals surface area contributed by atoms with Gasteiger partial charge in [-0.3, -0.25) is 4.79 Å². The third-order valence-electron chi connectivity index (χ3n) is 1.99. The molecule has 0 aliphatic heterocycles. The van der Waals surface area contributed by atoms with Gasteiger partial charge in [-0.1, -0.05) is 0 Å². The molecule has 0 amide bonds. The number of methoxy groups -OCH3 is 2. The molecule has 7 heteroatoms. The van der Waals surface area contributed by atoms with Crippen molar-refractivity contribution in [3.8, 4) is 11.5 Å². The zero-order chi connectivity index (χ0) is 13.2. The van der Waals surface area contributed by atoms with E-state index in [1.165, 1.54) is 20.3 Å². The molecule has 0 atom stereocenters. The molecular weight excluding hydrogens is 305 g/mol. The molecule has 0 unspecified atom stereocenters. The number of ketones is 1. The average molecular weight is 313 g/mol. The molecule has 1 aromatic rings. The van der Waals surface area contributed by atoms with Crippen LogP contribution in [0.5, 0.6) is 11.5 Å². The number of Topliss-reactive ketones (excluding diaryl/α,β-unsaturated/α-hetero) is 1. The first kappa shape index (κ1) is 13.8. The molecule has 0 aromatic heterocycles. The Balaban J connectivity index is 3.36. The van der Waals surface area contributed by atoms with Gasteiger partial charge in [0, 0.05) is 0 Å². The van der Waals surface area contributed by atoms with Gasteiger partial charge in [-0.15, -0.1) is 0 Å². The van der Waals surface area contributed by atoms with Crippen LogP contribution in [0.4, 0.5) is 13.2 Å². The van der Waals surface area contributed by atoms with Crippen molar-refractivity contribution in [3.63, 3.8) is 0 Å². The lowest BCUT2D eigenvalue weighted by molar-refractivity contribution is -0.0886. The summed E-state index contributed by atoms with van der Waals surface area (Å²) in [6.45, 7) is 0. The van der Waals surface area contributed by atoms with Gasteiger partial charge in [0.15, 0.2) is 0 Å². The summed E-state index contributed by atoms with van der Waals surface area (Å²) in [5, 5.41) is 0. The third-order valence-corrected chi connectivity index (χ3v) is 2.74. The molecule has 0 heterocycles. The van der Waals surface area contributed by atoms with Crippen LogP contribution >= 0.6 is 15.9 Å². The smallest absolute Gasteiger partial charge is 0.455 e. The summed E-state index contributed by atoms with van der Waals surface area (Å²) in [6, 6.07) is 2.27. The van der Waals surface area contributed by atoms with E-state index in [0.717, 1.165) is 6.07 Å². The van der Waals surface area contributed by atoms with Gasteiger partial charge < -0.3 is 9.47 Å². The molecule has 1 aromatic carbocycles. The highest BCUT2D eigenvalue weighted by Crippen LogP contribution is 2.39. The second-order valence-electron chi connectivity index (χ2n) is 2.99. The number of carbonyl (C=O) groups is 1. The van der Waals surface area contributed by atoms with Crippen molar-refractivity contribution in [1.29, 1.82) is 0 Å². The predicted molar refractivity (Wildman–Crippen MR) is 57.6 cm³/mol. The van der Waals surface area contributed by atoms with Crippen LogP contribution in [0, 0.1) is 0 Å². The SMILES string of the molecule is COc1ccc(C(=O)C(F)(F)F)c(OC)c1Br. The van der Waals surface area contributed by atoms with E-state index in [1.54, 1.807) is 0 Å². The van der Waals surface area contributed by atoms with E-state index in [9.17, 15) is 18.0 Å². The van der Waals surface area contributed by atoms with Gasteiger partial charge in [-0.2, -0.15) is 13.2 Å². The molecule has 0 N–H and O–H groups in total. The molecule has 94 valence electrons. The average Bonchev–Trinajstić information content (AvgIpc) is 2.26. The molecule has 0 fully saturated rings.